The first kappa shape index (κ1) is 14.0. The molecular formula is C14H12N6OS. The third-order valence-electron chi connectivity index (χ3n) is 2.74. The van der Waals surface area contributed by atoms with Crippen molar-refractivity contribution in [2.45, 2.75) is 0 Å². The number of amides is 2. The average Bonchev–Trinajstić information content (AvgIpc) is 2.99. The number of carbonyl (C=O) groups is 1. The number of rotatable bonds is 3. The highest BCUT2D eigenvalue weighted by Gasteiger charge is 2.09. The van der Waals surface area contributed by atoms with Crippen molar-refractivity contribution >= 4 is 34.7 Å². The van der Waals surface area contributed by atoms with Crippen LogP contribution in [0.1, 0.15) is 0 Å². The van der Waals surface area contributed by atoms with Crippen LogP contribution in [0.25, 0.3) is 10.6 Å². The van der Waals surface area contributed by atoms with Crippen molar-refractivity contribution in [3.8, 4) is 10.6 Å². The van der Waals surface area contributed by atoms with E-state index in [0.29, 0.717) is 17.3 Å². The topological polar surface area (TPSA) is 106 Å². The molecule has 110 valence electrons. The molecule has 3 aromatic heterocycles. The molecule has 0 aliphatic rings. The van der Waals surface area contributed by atoms with Crippen LogP contribution < -0.4 is 16.4 Å². The maximum atomic E-state index is 11.9. The quantitative estimate of drug-likeness (QED) is 0.689. The summed E-state index contributed by atoms with van der Waals surface area (Å²) in [6.07, 6.45) is 4.94. The second kappa shape index (κ2) is 6.19. The van der Waals surface area contributed by atoms with Gasteiger partial charge in [0.2, 0.25) is 0 Å². The van der Waals surface area contributed by atoms with Gasteiger partial charge in [-0.1, -0.05) is 0 Å². The molecule has 0 bridgehead atoms. The Kier molecular flexibility index (Phi) is 3.92. The predicted octanol–water partition coefficient (Wildman–Crippen LogP) is 2.83. The smallest absolute Gasteiger partial charge is 0.326 e. The number of nitrogen functional groups attached to an aromatic ring is 1. The van der Waals surface area contributed by atoms with E-state index in [1.54, 1.807) is 36.1 Å². The fourth-order valence-electron chi connectivity index (χ4n) is 1.74. The SMILES string of the molecule is Nc1cccnc1NC(=O)Nc1csc(-c2ccncc2)n1. The molecule has 0 fully saturated rings. The second-order valence-electron chi connectivity index (χ2n) is 4.29. The molecule has 7 nitrogen and oxygen atoms in total. The number of urea groups is 1. The van der Waals surface area contributed by atoms with Gasteiger partial charge in [-0.25, -0.2) is 14.8 Å². The van der Waals surface area contributed by atoms with Gasteiger partial charge < -0.3 is 5.73 Å². The lowest BCUT2D eigenvalue weighted by molar-refractivity contribution is 0.262. The van der Waals surface area contributed by atoms with Gasteiger partial charge in [0.05, 0.1) is 5.69 Å². The van der Waals surface area contributed by atoms with Crippen LogP contribution in [0.3, 0.4) is 0 Å². The molecule has 3 aromatic rings. The summed E-state index contributed by atoms with van der Waals surface area (Å²) < 4.78 is 0. The standard InChI is InChI=1S/C14H12N6OS/c15-10-2-1-5-17-12(10)20-14(21)19-11-8-22-13(18-11)9-3-6-16-7-4-9/h1-8H,15H2,(H2,17,19,20,21). The van der Waals surface area contributed by atoms with Crippen molar-refractivity contribution in [1.29, 1.82) is 0 Å². The van der Waals surface area contributed by atoms with Gasteiger partial charge in [0.1, 0.15) is 10.8 Å². The van der Waals surface area contributed by atoms with Gasteiger partial charge in [-0.05, 0) is 24.3 Å². The van der Waals surface area contributed by atoms with Crippen LogP contribution in [0.5, 0.6) is 0 Å². The number of carbonyl (C=O) groups excluding carboxylic acids is 1. The summed E-state index contributed by atoms with van der Waals surface area (Å²) in [6, 6.07) is 6.62. The molecule has 0 aromatic carbocycles. The zero-order valence-electron chi connectivity index (χ0n) is 11.4. The predicted molar refractivity (Wildman–Crippen MR) is 86.6 cm³/mol. The van der Waals surface area contributed by atoms with Gasteiger partial charge in [0.15, 0.2) is 5.82 Å². The van der Waals surface area contributed by atoms with Crippen molar-refractivity contribution < 1.29 is 4.79 Å². The molecule has 0 aliphatic heterocycles. The lowest BCUT2D eigenvalue weighted by atomic mass is 10.3. The first-order chi connectivity index (χ1) is 10.7. The Bertz CT molecular complexity index is 789. The van der Waals surface area contributed by atoms with E-state index in [4.69, 9.17) is 5.73 Å². The van der Waals surface area contributed by atoms with Crippen molar-refractivity contribution in [2.24, 2.45) is 0 Å². The van der Waals surface area contributed by atoms with E-state index in [1.807, 2.05) is 12.1 Å². The van der Waals surface area contributed by atoms with Crippen molar-refractivity contribution in [2.75, 3.05) is 16.4 Å². The van der Waals surface area contributed by atoms with E-state index in [-0.39, 0.29) is 0 Å². The molecule has 3 rings (SSSR count). The summed E-state index contributed by atoms with van der Waals surface area (Å²) in [4.78, 5) is 24.2. The Balaban J connectivity index is 1.68. The van der Waals surface area contributed by atoms with E-state index in [0.717, 1.165) is 10.6 Å². The highest BCUT2D eigenvalue weighted by Crippen LogP contribution is 2.25. The first-order valence-corrected chi connectivity index (χ1v) is 7.25. The number of hydrogen-bond donors (Lipinski definition) is 3. The van der Waals surface area contributed by atoms with E-state index < -0.39 is 6.03 Å². The summed E-state index contributed by atoms with van der Waals surface area (Å²) in [7, 11) is 0. The van der Waals surface area contributed by atoms with E-state index in [2.05, 4.69) is 25.6 Å². The van der Waals surface area contributed by atoms with Crippen molar-refractivity contribution in [1.82, 2.24) is 15.0 Å². The molecular weight excluding hydrogens is 300 g/mol. The van der Waals surface area contributed by atoms with E-state index in [1.165, 1.54) is 11.3 Å². The summed E-state index contributed by atoms with van der Waals surface area (Å²) in [5.74, 6) is 0.772. The molecule has 0 aliphatic carbocycles. The summed E-state index contributed by atoms with van der Waals surface area (Å²) >= 11 is 1.43. The highest BCUT2D eigenvalue weighted by atomic mass is 32.1. The van der Waals surface area contributed by atoms with Gasteiger partial charge in [-0.2, -0.15) is 0 Å². The fraction of sp³-hybridized carbons (Fsp3) is 0. The van der Waals surface area contributed by atoms with Crippen LogP contribution in [0.4, 0.5) is 22.1 Å². The Labute approximate surface area is 130 Å². The first-order valence-electron chi connectivity index (χ1n) is 6.37. The number of nitrogens with two attached hydrogens (primary N) is 1. The zero-order valence-corrected chi connectivity index (χ0v) is 12.2. The molecule has 3 heterocycles. The lowest BCUT2D eigenvalue weighted by Crippen LogP contribution is -2.21. The number of aromatic nitrogens is 3. The Morgan fingerprint density at radius 3 is 2.73 bits per heavy atom. The summed E-state index contributed by atoms with van der Waals surface area (Å²) in [6.45, 7) is 0. The molecule has 0 saturated carbocycles. The largest absolute Gasteiger partial charge is 0.396 e. The van der Waals surface area contributed by atoms with Crippen LogP contribution in [0.2, 0.25) is 0 Å². The van der Waals surface area contributed by atoms with Crippen LogP contribution in [-0.2, 0) is 0 Å². The maximum absolute atomic E-state index is 11.9. The van der Waals surface area contributed by atoms with Crippen LogP contribution >= 0.6 is 11.3 Å². The molecule has 0 atom stereocenters. The van der Waals surface area contributed by atoms with Gasteiger partial charge in [0, 0.05) is 29.5 Å². The maximum Gasteiger partial charge on any atom is 0.326 e. The minimum Gasteiger partial charge on any atom is -0.396 e. The minimum atomic E-state index is -0.447. The van der Waals surface area contributed by atoms with Gasteiger partial charge in [0.25, 0.3) is 0 Å². The fourth-order valence-corrected chi connectivity index (χ4v) is 2.49. The number of pyridine rings is 2. The third kappa shape index (κ3) is 3.18. The zero-order chi connectivity index (χ0) is 15.4. The number of thiazole rings is 1. The van der Waals surface area contributed by atoms with E-state index >= 15 is 0 Å². The Morgan fingerprint density at radius 2 is 1.95 bits per heavy atom. The normalized spacial score (nSPS) is 10.2. The minimum absolute atomic E-state index is 0.310. The van der Waals surface area contributed by atoms with Gasteiger partial charge in [-0.3, -0.25) is 15.6 Å². The molecule has 0 unspecified atom stereocenters. The molecule has 0 radical (unpaired) electrons. The number of hydrogen-bond acceptors (Lipinski definition) is 6. The van der Waals surface area contributed by atoms with Crippen molar-refractivity contribution in [3.05, 3.63) is 48.2 Å². The highest BCUT2D eigenvalue weighted by molar-refractivity contribution is 7.13. The van der Waals surface area contributed by atoms with E-state index in [9.17, 15) is 4.79 Å². The van der Waals surface area contributed by atoms with Gasteiger partial charge >= 0.3 is 6.03 Å². The lowest BCUT2D eigenvalue weighted by Gasteiger charge is -2.06. The summed E-state index contributed by atoms with van der Waals surface area (Å²) in [5, 5.41) is 7.78. The molecule has 4 N–H and O–H groups in total. The third-order valence-corrected chi connectivity index (χ3v) is 3.64. The molecule has 0 spiro atoms. The number of nitrogens with one attached hydrogen (secondary N) is 2. The Hall–Kier alpha value is -3.00. The van der Waals surface area contributed by atoms with Crippen molar-refractivity contribution in [3.63, 3.8) is 0 Å². The second-order valence-corrected chi connectivity index (χ2v) is 5.15. The molecule has 8 heteroatoms. The van der Waals surface area contributed by atoms with Crippen LogP contribution in [-0.4, -0.2) is 21.0 Å². The summed E-state index contributed by atoms with van der Waals surface area (Å²) in [5.41, 5.74) is 7.06. The number of nitrogens with zero attached hydrogens (tertiary/aromatic N) is 3. The average molecular weight is 312 g/mol. The van der Waals surface area contributed by atoms with Crippen LogP contribution in [0, 0.1) is 0 Å². The Morgan fingerprint density at radius 1 is 1.14 bits per heavy atom. The molecule has 22 heavy (non-hydrogen) atoms. The monoisotopic (exact) mass is 312 g/mol. The number of anilines is 3. The van der Waals surface area contributed by atoms with Crippen LogP contribution in [0.15, 0.2) is 48.2 Å². The van der Waals surface area contributed by atoms with Gasteiger partial charge in [-0.15, -0.1) is 11.3 Å². The molecule has 0 saturated heterocycles. The molecule has 2 amide bonds.